The highest BCUT2D eigenvalue weighted by atomic mass is 16.5. The number of aromatic nitrogens is 5. The number of amides is 1. The van der Waals surface area contributed by atoms with Crippen molar-refractivity contribution in [1.82, 2.24) is 35.4 Å². The van der Waals surface area contributed by atoms with Gasteiger partial charge >= 0.3 is 0 Å². The van der Waals surface area contributed by atoms with Crippen LogP contribution in [0.3, 0.4) is 0 Å². The van der Waals surface area contributed by atoms with Crippen LogP contribution in [0.15, 0.2) is 67.0 Å². The first-order chi connectivity index (χ1) is 19.4. The predicted octanol–water partition coefficient (Wildman–Crippen LogP) is 4.43. The fraction of sp³-hybridized carbons (Fsp3) is 0.367. The maximum Gasteiger partial charge on any atom is 0.251 e. The smallest absolute Gasteiger partial charge is 0.251 e. The predicted molar refractivity (Wildman–Crippen MR) is 154 cm³/mol. The fourth-order valence-electron chi connectivity index (χ4n) is 5.07. The number of anilines is 1. The number of pyridine rings is 2. The molecule has 4 heterocycles. The van der Waals surface area contributed by atoms with E-state index >= 15 is 0 Å². The Morgan fingerprint density at radius 1 is 1.05 bits per heavy atom. The number of nitrogens with one attached hydrogen (secondary N) is 3. The highest BCUT2D eigenvalue weighted by Crippen LogP contribution is 2.35. The van der Waals surface area contributed by atoms with Crippen LogP contribution in [0.2, 0.25) is 0 Å². The number of hydrogen-bond donors (Lipinski definition) is 3. The third-order valence-electron chi connectivity index (χ3n) is 7.45. The van der Waals surface area contributed by atoms with Crippen molar-refractivity contribution in [2.75, 3.05) is 32.6 Å². The molecule has 4 aromatic rings. The van der Waals surface area contributed by atoms with Gasteiger partial charge in [-0.15, -0.1) is 0 Å². The van der Waals surface area contributed by atoms with Gasteiger partial charge in [-0.05, 0) is 62.2 Å². The molecular formula is C30H36N8O2. The van der Waals surface area contributed by atoms with Crippen LogP contribution in [0.5, 0.6) is 5.88 Å². The molecule has 0 unspecified atom stereocenters. The van der Waals surface area contributed by atoms with Crippen LogP contribution in [0.4, 0.5) is 5.69 Å². The average Bonchev–Trinajstić information content (AvgIpc) is 3.49. The third kappa shape index (κ3) is 5.96. The minimum atomic E-state index is -0.454. The molecule has 1 amide bonds. The van der Waals surface area contributed by atoms with Gasteiger partial charge in [0.2, 0.25) is 5.88 Å². The molecule has 10 heteroatoms. The molecule has 0 saturated carbocycles. The van der Waals surface area contributed by atoms with Gasteiger partial charge in [-0.3, -0.25) is 14.9 Å². The van der Waals surface area contributed by atoms with E-state index in [1.807, 2.05) is 48.5 Å². The molecule has 5 rings (SSSR count). The number of aromatic amines is 1. The van der Waals surface area contributed by atoms with Crippen molar-refractivity contribution in [3.05, 3.63) is 84.1 Å². The van der Waals surface area contributed by atoms with E-state index in [4.69, 9.17) is 9.72 Å². The second-order valence-corrected chi connectivity index (χ2v) is 10.6. The molecule has 1 fully saturated rings. The highest BCUT2D eigenvalue weighted by molar-refractivity contribution is 5.95. The molecule has 0 radical (unpaired) electrons. The summed E-state index contributed by atoms with van der Waals surface area (Å²) in [7, 11) is 3.71. The van der Waals surface area contributed by atoms with E-state index in [0.717, 1.165) is 48.7 Å². The van der Waals surface area contributed by atoms with Crippen molar-refractivity contribution in [3.63, 3.8) is 0 Å². The Morgan fingerprint density at radius 2 is 1.80 bits per heavy atom. The Bertz CT molecular complexity index is 1430. The van der Waals surface area contributed by atoms with Crippen molar-refractivity contribution < 1.29 is 9.53 Å². The zero-order chi connectivity index (χ0) is 28.1. The first-order valence-electron chi connectivity index (χ1n) is 13.6. The van der Waals surface area contributed by atoms with E-state index in [9.17, 15) is 4.79 Å². The largest absolute Gasteiger partial charge is 0.481 e. The van der Waals surface area contributed by atoms with Crippen LogP contribution in [0.1, 0.15) is 54.6 Å². The molecule has 1 aliphatic rings. The van der Waals surface area contributed by atoms with Crippen LogP contribution in [-0.4, -0.2) is 63.2 Å². The number of hydrogen-bond acceptors (Lipinski definition) is 8. The second kappa shape index (κ2) is 11.8. The fourth-order valence-corrected chi connectivity index (χ4v) is 5.07. The molecule has 0 bridgehead atoms. The summed E-state index contributed by atoms with van der Waals surface area (Å²) in [6.45, 7) is 5.93. The van der Waals surface area contributed by atoms with Crippen molar-refractivity contribution in [2.24, 2.45) is 5.92 Å². The minimum absolute atomic E-state index is 0.133. The van der Waals surface area contributed by atoms with Crippen molar-refractivity contribution in [2.45, 2.75) is 38.3 Å². The zero-order valence-corrected chi connectivity index (χ0v) is 23.4. The van der Waals surface area contributed by atoms with Gasteiger partial charge in [-0.25, -0.2) is 9.97 Å². The molecule has 208 valence electrons. The van der Waals surface area contributed by atoms with Crippen molar-refractivity contribution >= 4 is 11.6 Å². The molecular weight excluding hydrogens is 504 g/mol. The monoisotopic (exact) mass is 540 g/mol. The Kier molecular flexibility index (Phi) is 8.06. The number of ether oxygens (including phenoxy) is 1. The van der Waals surface area contributed by atoms with E-state index in [1.54, 1.807) is 25.6 Å². The lowest BCUT2D eigenvalue weighted by Gasteiger charge is -2.40. The van der Waals surface area contributed by atoms with Gasteiger partial charge < -0.3 is 20.3 Å². The normalized spacial score (nSPS) is 15.9. The molecule has 10 nitrogen and oxygen atoms in total. The number of likely N-dealkylation sites (tertiary alicyclic amines) is 1. The summed E-state index contributed by atoms with van der Waals surface area (Å²) in [6.07, 6.45) is 5.14. The van der Waals surface area contributed by atoms with Gasteiger partial charge in [-0.1, -0.05) is 26.0 Å². The first-order valence-corrected chi connectivity index (χ1v) is 13.6. The lowest BCUT2D eigenvalue weighted by molar-refractivity contribution is 0.0924. The lowest BCUT2D eigenvalue weighted by atomic mass is 9.86. The molecule has 1 aromatic carbocycles. The summed E-state index contributed by atoms with van der Waals surface area (Å²) in [5.41, 5.74) is 2.63. The number of benzene rings is 1. The summed E-state index contributed by atoms with van der Waals surface area (Å²) in [4.78, 5) is 29.3. The molecule has 0 aliphatic carbocycles. The molecule has 0 spiro atoms. The van der Waals surface area contributed by atoms with E-state index in [2.05, 4.69) is 56.6 Å². The summed E-state index contributed by atoms with van der Waals surface area (Å²) in [5, 5.41) is 14.6. The standard InChI is InChI=1S/C30H36N8O2/c1-20(2)26(24-9-6-10-25(32-24)40-4)33-28(39)22-7-5-8-23(19-22)35-30(13-17-38(3)18-14-30)29-34-27(36-37-29)21-11-15-31-16-12-21/h5-12,15-16,19-20,26,35H,13-14,17-18H2,1-4H3,(H,33,39)(H,34,36,37)/t26-/m0/s1. The Hall–Kier alpha value is -4.31. The van der Waals surface area contributed by atoms with Gasteiger partial charge in [0.1, 0.15) is 0 Å². The maximum atomic E-state index is 13.4. The minimum Gasteiger partial charge on any atom is -0.481 e. The molecule has 3 N–H and O–H groups in total. The Morgan fingerprint density at radius 3 is 2.52 bits per heavy atom. The SMILES string of the molecule is COc1cccc([C@@H](NC(=O)c2cccc(NC3(c4nc(-c5ccncc5)n[nH]4)CCN(C)CC3)c2)C(C)C)n1. The van der Waals surface area contributed by atoms with E-state index in [-0.39, 0.29) is 17.9 Å². The highest BCUT2D eigenvalue weighted by Gasteiger charge is 2.39. The third-order valence-corrected chi connectivity index (χ3v) is 7.45. The molecule has 3 aromatic heterocycles. The zero-order valence-electron chi connectivity index (χ0n) is 23.4. The molecule has 1 saturated heterocycles. The van der Waals surface area contributed by atoms with Crippen molar-refractivity contribution in [1.29, 1.82) is 0 Å². The maximum absolute atomic E-state index is 13.4. The van der Waals surface area contributed by atoms with Gasteiger partial charge in [0.15, 0.2) is 11.6 Å². The number of methoxy groups -OCH3 is 1. The quantitative estimate of drug-likeness (QED) is 0.285. The van der Waals surface area contributed by atoms with Crippen LogP contribution >= 0.6 is 0 Å². The summed E-state index contributed by atoms with van der Waals surface area (Å²) in [6, 6.07) is 16.7. The summed E-state index contributed by atoms with van der Waals surface area (Å²) < 4.78 is 5.29. The molecule has 1 aliphatic heterocycles. The number of piperidine rings is 1. The van der Waals surface area contributed by atoms with Gasteiger partial charge in [0, 0.05) is 48.4 Å². The summed E-state index contributed by atoms with van der Waals surface area (Å²) >= 11 is 0. The van der Waals surface area contributed by atoms with Gasteiger partial charge in [0.05, 0.1) is 24.4 Å². The number of nitrogens with zero attached hydrogens (tertiary/aromatic N) is 5. The number of carbonyl (C=O) groups is 1. The van der Waals surface area contributed by atoms with Gasteiger partial charge in [0.25, 0.3) is 5.91 Å². The number of rotatable bonds is 9. The molecule has 1 atom stereocenters. The second-order valence-electron chi connectivity index (χ2n) is 10.6. The van der Waals surface area contributed by atoms with Crippen LogP contribution < -0.4 is 15.4 Å². The van der Waals surface area contributed by atoms with Crippen LogP contribution in [0.25, 0.3) is 11.4 Å². The van der Waals surface area contributed by atoms with Crippen LogP contribution in [-0.2, 0) is 5.54 Å². The lowest BCUT2D eigenvalue weighted by Crippen LogP contribution is -2.46. The van der Waals surface area contributed by atoms with Gasteiger partial charge in [-0.2, -0.15) is 5.10 Å². The topological polar surface area (TPSA) is 121 Å². The van der Waals surface area contributed by atoms with E-state index in [0.29, 0.717) is 17.3 Å². The number of carbonyl (C=O) groups excluding carboxylic acids is 1. The molecule has 40 heavy (non-hydrogen) atoms. The Labute approximate surface area is 234 Å². The summed E-state index contributed by atoms with van der Waals surface area (Å²) in [5.74, 6) is 1.91. The van der Waals surface area contributed by atoms with Crippen LogP contribution in [0, 0.1) is 5.92 Å². The first kappa shape index (κ1) is 27.3. The Balaban J connectivity index is 1.39. The van der Waals surface area contributed by atoms with Crippen molar-refractivity contribution in [3.8, 4) is 17.3 Å². The van der Waals surface area contributed by atoms with E-state index < -0.39 is 5.54 Å². The average molecular weight is 541 g/mol. The van der Waals surface area contributed by atoms with E-state index in [1.165, 1.54) is 0 Å². The number of H-pyrrole nitrogens is 1.